The van der Waals surface area contributed by atoms with Crippen LogP contribution in [0, 0.1) is 0 Å². The molecule has 1 rings (SSSR count). The highest BCUT2D eigenvalue weighted by Gasteiger charge is 1.94. The first-order valence-corrected chi connectivity index (χ1v) is 3.65. The maximum Gasteiger partial charge on any atom is 0.0780 e. The van der Waals surface area contributed by atoms with Crippen LogP contribution in [0.4, 0.5) is 0 Å². The van der Waals surface area contributed by atoms with E-state index in [1.165, 1.54) is 11.5 Å². The van der Waals surface area contributed by atoms with Crippen molar-refractivity contribution in [3.63, 3.8) is 0 Å². The van der Waals surface area contributed by atoms with E-state index in [0.717, 1.165) is 4.88 Å². The van der Waals surface area contributed by atoms with Crippen LogP contribution in [0.3, 0.4) is 0 Å². The Hall–Kier alpha value is -0.480. The third kappa shape index (κ3) is 2.07. The molecule has 4 heteroatoms. The van der Waals surface area contributed by atoms with Gasteiger partial charge in [0, 0.05) is 17.5 Å². The third-order valence-electron chi connectivity index (χ3n) is 0.840. The molecular formula is C5H6N2S2. The van der Waals surface area contributed by atoms with E-state index in [1.807, 2.05) is 6.07 Å². The first-order valence-electron chi connectivity index (χ1n) is 2.47. The van der Waals surface area contributed by atoms with Crippen molar-refractivity contribution >= 4 is 28.7 Å². The van der Waals surface area contributed by atoms with Crippen LogP contribution in [0.5, 0.6) is 0 Å². The number of hydrogen-bond acceptors (Lipinski definition) is 3. The highest BCUT2D eigenvalue weighted by Crippen LogP contribution is 2.04. The van der Waals surface area contributed by atoms with Crippen molar-refractivity contribution in [3.8, 4) is 0 Å². The second-order valence-electron chi connectivity index (χ2n) is 1.62. The van der Waals surface area contributed by atoms with Gasteiger partial charge in [0.2, 0.25) is 0 Å². The predicted octanol–water partition coefficient (Wildman–Crippen LogP) is 0.972. The van der Waals surface area contributed by atoms with Crippen molar-refractivity contribution in [1.82, 2.24) is 4.37 Å². The SMILES string of the molecule is NC(=S)Cc1ccns1. The van der Waals surface area contributed by atoms with E-state index >= 15 is 0 Å². The average molecular weight is 158 g/mol. The minimum Gasteiger partial charge on any atom is -0.393 e. The van der Waals surface area contributed by atoms with Crippen LogP contribution in [-0.2, 0) is 6.42 Å². The van der Waals surface area contributed by atoms with E-state index in [2.05, 4.69) is 4.37 Å². The highest BCUT2D eigenvalue weighted by molar-refractivity contribution is 7.80. The molecule has 0 bridgehead atoms. The van der Waals surface area contributed by atoms with Crippen LogP contribution in [0.15, 0.2) is 12.3 Å². The molecule has 0 aromatic carbocycles. The molecule has 2 N–H and O–H groups in total. The van der Waals surface area contributed by atoms with Gasteiger partial charge < -0.3 is 5.73 Å². The summed E-state index contributed by atoms with van der Waals surface area (Å²) in [4.78, 5) is 1.65. The third-order valence-corrected chi connectivity index (χ3v) is 1.73. The normalized spacial score (nSPS) is 9.33. The summed E-state index contributed by atoms with van der Waals surface area (Å²) in [5.74, 6) is 0. The van der Waals surface area contributed by atoms with Crippen LogP contribution in [0.1, 0.15) is 4.88 Å². The van der Waals surface area contributed by atoms with Gasteiger partial charge in [-0.1, -0.05) is 12.2 Å². The van der Waals surface area contributed by atoms with E-state index in [-0.39, 0.29) is 0 Å². The Morgan fingerprint density at radius 3 is 3.11 bits per heavy atom. The van der Waals surface area contributed by atoms with Crippen molar-refractivity contribution in [3.05, 3.63) is 17.1 Å². The molecule has 1 heterocycles. The Labute approximate surface area is 62.9 Å². The van der Waals surface area contributed by atoms with Gasteiger partial charge in [0.15, 0.2) is 0 Å². The largest absolute Gasteiger partial charge is 0.393 e. The van der Waals surface area contributed by atoms with Crippen LogP contribution in [0.25, 0.3) is 0 Å². The molecule has 0 aliphatic heterocycles. The second kappa shape index (κ2) is 2.89. The summed E-state index contributed by atoms with van der Waals surface area (Å²) in [6.07, 6.45) is 2.43. The zero-order valence-electron chi connectivity index (χ0n) is 4.70. The van der Waals surface area contributed by atoms with Crippen molar-refractivity contribution in [1.29, 1.82) is 0 Å². The molecular weight excluding hydrogens is 152 g/mol. The molecule has 48 valence electrons. The van der Waals surface area contributed by atoms with Gasteiger partial charge in [-0.3, -0.25) is 0 Å². The summed E-state index contributed by atoms with van der Waals surface area (Å²) < 4.78 is 3.90. The molecule has 0 radical (unpaired) electrons. The number of aromatic nitrogens is 1. The van der Waals surface area contributed by atoms with Gasteiger partial charge in [0.1, 0.15) is 0 Å². The fourth-order valence-electron chi connectivity index (χ4n) is 0.505. The van der Waals surface area contributed by atoms with Gasteiger partial charge in [-0.15, -0.1) is 0 Å². The molecule has 0 aliphatic carbocycles. The van der Waals surface area contributed by atoms with Gasteiger partial charge in [-0.2, -0.15) is 0 Å². The summed E-state index contributed by atoms with van der Waals surface area (Å²) in [5, 5.41) is 0. The lowest BCUT2D eigenvalue weighted by Gasteiger charge is -1.88. The zero-order valence-corrected chi connectivity index (χ0v) is 6.34. The lowest BCUT2D eigenvalue weighted by molar-refractivity contribution is 1.41. The molecule has 1 aromatic rings. The standard InChI is InChI=1S/C5H6N2S2/c6-5(8)3-4-1-2-7-9-4/h1-2H,3H2,(H2,6,8). The van der Waals surface area contributed by atoms with Gasteiger partial charge in [0.25, 0.3) is 0 Å². The van der Waals surface area contributed by atoms with Crippen LogP contribution in [0.2, 0.25) is 0 Å². The number of thiocarbonyl (C=S) groups is 1. The zero-order chi connectivity index (χ0) is 6.69. The first kappa shape index (κ1) is 6.64. The number of nitrogens with zero attached hydrogens (tertiary/aromatic N) is 1. The lowest BCUT2D eigenvalue weighted by atomic mass is 10.4. The smallest absolute Gasteiger partial charge is 0.0780 e. The van der Waals surface area contributed by atoms with Gasteiger partial charge in [-0.05, 0) is 17.6 Å². The van der Waals surface area contributed by atoms with E-state index < -0.39 is 0 Å². The van der Waals surface area contributed by atoms with Gasteiger partial charge >= 0.3 is 0 Å². The lowest BCUT2D eigenvalue weighted by Crippen LogP contribution is -2.09. The van der Waals surface area contributed by atoms with Gasteiger partial charge in [0.05, 0.1) is 4.99 Å². The fourth-order valence-corrected chi connectivity index (χ4v) is 1.35. The summed E-state index contributed by atoms with van der Waals surface area (Å²) in [6, 6.07) is 1.92. The van der Waals surface area contributed by atoms with Crippen LogP contribution >= 0.6 is 23.8 Å². The monoisotopic (exact) mass is 158 g/mol. The summed E-state index contributed by atoms with van der Waals surface area (Å²) in [7, 11) is 0. The predicted molar refractivity (Wildman–Crippen MR) is 42.6 cm³/mol. The van der Waals surface area contributed by atoms with E-state index in [0.29, 0.717) is 11.4 Å². The molecule has 0 amide bonds. The minimum absolute atomic E-state index is 0.527. The number of rotatable bonds is 2. The molecule has 2 nitrogen and oxygen atoms in total. The molecule has 0 saturated carbocycles. The summed E-state index contributed by atoms with van der Waals surface area (Å²) in [6.45, 7) is 0. The molecule has 0 saturated heterocycles. The Morgan fingerprint density at radius 1 is 1.89 bits per heavy atom. The summed E-state index contributed by atoms with van der Waals surface area (Å²) in [5.41, 5.74) is 5.29. The van der Waals surface area contributed by atoms with Gasteiger partial charge in [-0.25, -0.2) is 4.37 Å². The maximum absolute atomic E-state index is 5.29. The maximum atomic E-state index is 5.29. The average Bonchev–Trinajstić information content (AvgIpc) is 2.15. The molecule has 0 unspecified atom stereocenters. The first-order chi connectivity index (χ1) is 4.29. The quantitative estimate of drug-likeness (QED) is 0.652. The minimum atomic E-state index is 0.527. The summed E-state index contributed by atoms with van der Waals surface area (Å²) >= 11 is 6.13. The highest BCUT2D eigenvalue weighted by atomic mass is 32.1. The van der Waals surface area contributed by atoms with Crippen LogP contribution in [-0.4, -0.2) is 9.36 Å². The molecule has 9 heavy (non-hydrogen) atoms. The van der Waals surface area contributed by atoms with Crippen molar-refractivity contribution in [2.24, 2.45) is 5.73 Å². The topological polar surface area (TPSA) is 38.9 Å². The Kier molecular flexibility index (Phi) is 2.13. The number of nitrogens with two attached hydrogens (primary N) is 1. The molecule has 0 atom stereocenters. The van der Waals surface area contributed by atoms with Crippen molar-refractivity contribution in [2.75, 3.05) is 0 Å². The Balaban J connectivity index is 2.58. The van der Waals surface area contributed by atoms with Crippen LogP contribution < -0.4 is 5.73 Å². The Morgan fingerprint density at radius 2 is 2.67 bits per heavy atom. The Bertz CT molecular complexity index is 193. The van der Waals surface area contributed by atoms with Crippen molar-refractivity contribution in [2.45, 2.75) is 6.42 Å². The molecule has 0 spiro atoms. The van der Waals surface area contributed by atoms with Crippen molar-refractivity contribution < 1.29 is 0 Å². The molecule has 1 aromatic heterocycles. The molecule has 0 aliphatic rings. The van der Waals surface area contributed by atoms with E-state index in [1.54, 1.807) is 6.20 Å². The fraction of sp³-hybridized carbons (Fsp3) is 0.200. The van der Waals surface area contributed by atoms with E-state index in [9.17, 15) is 0 Å². The van der Waals surface area contributed by atoms with E-state index in [4.69, 9.17) is 18.0 Å². The molecule has 0 fully saturated rings. The second-order valence-corrected chi connectivity index (χ2v) is 3.06. The number of hydrogen-bond donors (Lipinski definition) is 1.